The van der Waals surface area contributed by atoms with Gasteiger partial charge in [0.05, 0.1) is 5.57 Å². The van der Waals surface area contributed by atoms with Gasteiger partial charge < -0.3 is 0 Å². The van der Waals surface area contributed by atoms with E-state index < -0.39 is 0 Å². The number of carbonyl (C=O) groups excluding carboxylic acids is 2. The van der Waals surface area contributed by atoms with E-state index in [9.17, 15) is 9.59 Å². The van der Waals surface area contributed by atoms with Gasteiger partial charge in [-0.3, -0.25) is 9.59 Å². The molecule has 0 fully saturated rings. The van der Waals surface area contributed by atoms with Crippen LogP contribution in [-0.2, 0) is 4.79 Å². The zero-order valence-electron chi connectivity index (χ0n) is 11.0. The molecule has 0 atom stereocenters. The topological polar surface area (TPSA) is 34.1 Å². The molecule has 0 heterocycles. The smallest absolute Gasteiger partial charge is 0.196 e. The summed E-state index contributed by atoms with van der Waals surface area (Å²) in [5, 5.41) is 0. The Kier molecular flexibility index (Phi) is 3.30. The van der Waals surface area contributed by atoms with E-state index in [0.717, 1.165) is 11.1 Å². The molecule has 0 spiro atoms. The molecule has 2 heteroatoms. The normalized spacial score (nSPS) is 14.7. The lowest BCUT2D eigenvalue weighted by Crippen LogP contribution is -2.10. The second-order valence-corrected chi connectivity index (χ2v) is 4.84. The second-order valence-electron chi connectivity index (χ2n) is 4.84. The molecule has 0 radical (unpaired) electrons. The van der Waals surface area contributed by atoms with Crippen molar-refractivity contribution in [2.45, 2.75) is 12.8 Å². The minimum Gasteiger partial charge on any atom is -0.294 e. The third-order valence-corrected chi connectivity index (χ3v) is 3.57. The fourth-order valence-electron chi connectivity index (χ4n) is 2.58. The highest BCUT2D eigenvalue weighted by atomic mass is 16.1. The van der Waals surface area contributed by atoms with Crippen molar-refractivity contribution in [3.63, 3.8) is 0 Å². The van der Waals surface area contributed by atoms with E-state index >= 15 is 0 Å². The summed E-state index contributed by atoms with van der Waals surface area (Å²) < 4.78 is 0. The van der Waals surface area contributed by atoms with Crippen molar-refractivity contribution in [1.29, 1.82) is 0 Å². The molecule has 3 rings (SSSR count). The maximum absolute atomic E-state index is 12.6. The molecule has 2 aromatic rings. The van der Waals surface area contributed by atoms with Crippen LogP contribution in [-0.4, -0.2) is 11.6 Å². The van der Waals surface area contributed by atoms with Crippen LogP contribution in [0.4, 0.5) is 0 Å². The van der Waals surface area contributed by atoms with Crippen LogP contribution in [0.2, 0.25) is 0 Å². The van der Waals surface area contributed by atoms with Crippen molar-refractivity contribution in [2.24, 2.45) is 0 Å². The first-order valence-electron chi connectivity index (χ1n) is 6.69. The van der Waals surface area contributed by atoms with Gasteiger partial charge in [-0.05, 0) is 17.6 Å². The van der Waals surface area contributed by atoms with Gasteiger partial charge in [0.15, 0.2) is 11.6 Å². The molecular formula is C18H14O2. The molecule has 0 unspecified atom stereocenters. The lowest BCUT2D eigenvalue weighted by Gasteiger charge is -2.06. The van der Waals surface area contributed by atoms with Crippen LogP contribution < -0.4 is 0 Å². The number of ketones is 2. The average Bonchev–Trinajstić information content (AvgIpc) is 2.90. The van der Waals surface area contributed by atoms with Gasteiger partial charge in [-0.15, -0.1) is 0 Å². The van der Waals surface area contributed by atoms with Gasteiger partial charge in [0, 0.05) is 12.0 Å². The lowest BCUT2D eigenvalue weighted by molar-refractivity contribution is -0.114. The van der Waals surface area contributed by atoms with Gasteiger partial charge in [-0.25, -0.2) is 0 Å². The van der Waals surface area contributed by atoms with Gasteiger partial charge in [0.2, 0.25) is 0 Å². The molecule has 0 aromatic heterocycles. The van der Waals surface area contributed by atoms with E-state index in [-0.39, 0.29) is 11.6 Å². The van der Waals surface area contributed by atoms with E-state index in [1.165, 1.54) is 0 Å². The summed E-state index contributed by atoms with van der Waals surface area (Å²) in [4.78, 5) is 24.7. The van der Waals surface area contributed by atoms with Gasteiger partial charge in [-0.2, -0.15) is 0 Å². The minimum atomic E-state index is -0.160. The highest BCUT2D eigenvalue weighted by molar-refractivity contribution is 6.32. The SMILES string of the molecule is O=C1CCC(c2ccccc2)=C1C(=O)c1ccccc1. The molecule has 0 saturated heterocycles. The van der Waals surface area contributed by atoms with Gasteiger partial charge >= 0.3 is 0 Å². The van der Waals surface area contributed by atoms with Crippen molar-refractivity contribution in [2.75, 3.05) is 0 Å². The number of hydrogen-bond acceptors (Lipinski definition) is 2. The van der Waals surface area contributed by atoms with E-state index in [1.54, 1.807) is 12.1 Å². The van der Waals surface area contributed by atoms with E-state index in [4.69, 9.17) is 0 Å². The van der Waals surface area contributed by atoms with Crippen molar-refractivity contribution >= 4 is 17.1 Å². The first kappa shape index (κ1) is 12.5. The molecule has 0 saturated carbocycles. The Bertz CT molecular complexity index is 682. The molecule has 0 N–H and O–H groups in total. The summed E-state index contributed by atoms with van der Waals surface area (Å²) in [7, 11) is 0. The van der Waals surface area contributed by atoms with Gasteiger partial charge in [0.1, 0.15) is 0 Å². The number of hydrogen-bond donors (Lipinski definition) is 0. The molecule has 20 heavy (non-hydrogen) atoms. The molecule has 0 bridgehead atoms. The molecule has 0 aliphatic heterocycles. The Labute approximate surface area is 117 Å². The Morgan fingerprint density at radius 1 is 0.800 bits per heavy atom. The standard InChI is InChI=1S/C18H14O2/c19-16-12-11-15(13-7-3-1-4-8-13)17(16)18(20)14-9-5-2-6-10-14/h1-10H,11-12H2. The summed E-state index contributed by atoms with van der Waals surface area (Å²) >= 11 is 0. The number of carbonyl (C=O) groups is 2. The molecule has 2 nitrogen and oxygen atoms in total. The number of Topliss-reactive ketones (excluding diaryl/α,β-unsaturated/α-hetero) is 2. The summed E-state index contributed by atoms with van der Waals surface area (Å²) in [6.07, 6.45) is 1.08. The van der Waals surface area contributed by atoms with Crippen LogP contribution in [0.1, 0.15) is 28.8 Å². The van der Waals surface area contributed by atoms with E-state index in [2.05, 4.69) is 0 Å². The maximum atomic E-state index is 12.6. The van der Waals surface area contributed by atoms with Crippen LogP contribution in [0.25, 0.3) is 5.57 Å². The Balaban J connectivity index is 2.09. The monoisotopic (exact) mass is 262 g/mol. The van der Waals surface area contributed by atoms with Crippen molar-refractivity contribution < 1.29 is 9.59 Å². The fourth-order valence-corrected chi connectivity index (χ4v) is 2.58. The van der Waals surface area contributed by atoms with E-state index in [0.29, 0.717) is 24.0 Å². The first-order valence-corrected chi connectivity index (χ1v) is 6.69. The van der Waals surface area contributed by atoms with Gasteiger partial charge in [-0.1, -0.05) is 60.7 Å². The first-order chi connectivity index (χ1) is 9.77. The van der Waals surface area contributed by atoms with Crippen molar-refractivity contribution in [3.05, 3.63) is 77.4 Å². The quantitative estimate of drug-likeness (QED) is 0.624. The highest BCUT2D eigenvalue weighted by Crippen LogP contribution is 2.33. The fraction of sp³-hybridized carbons (Fsp3) is 0.111. The Morgan fingerprint density at radius 2 is 1.40 bits per heavy atom. The van der Waals surface area contributed by atoms with Crippen molar-refractivity contribution in [1.82, 2.24) is 0 Å². The predicted molar refractivity (Wildman–Crippen MR) is 78.4 cm³/mol. The summed E-state index contributed by atoms with van der Waals surface area (Å²) in [6.45, 7) is 0. The Hall–Kier alpha value is -2.48. The zero-order valence-corrected chi connectivity index (χ0v) is 11.0. The second kappa shape index (κ2) is 5.25. The highest BCUT2D eigenvalue weighted by Gasteiger charge is 2.29. The largest absolute Gasteiger partial charge is 0.294 e. The summed E-state index contributed by atoms with van der Waals surface area (Å²) in [5.74, 6) is -0.204. The average molecular weight is 262 g/mol. The number of allylic oxidation sites excluding steroid dienone is 2. The molecule has 1 aliphatic carbocycles. The Morgan fingerprint density at radius 3 is 2.05 bits per heavy atom. The van der Waals surface area contributed by atoms with Crippen LogP contribution in [0, 0.1) is 0 Å². The van der Waals surface area contributed by atoms with Crippen LogP contribution in [0.3, 0.4) is 0 Å². The van der Waals surface area contributed by atoms with Crippen LogP contribution in [0.15, 0.2) is 66.2 Å². The molecule has 98 valence electrons. The predicted octanol–water partition coefficient (Wildman–Crippen LogP) is 3.69. The van der Waals surface area contributed by atoms with Gasteiger partial charge in [0.25, 0.3) is 0 Å². The van der Waals surface area contributed by atoms with E-state index in [1.807, 2.05) is 48.5 Å². The third-order valence-electron chi connectivity index (χ3n) is 3.57. The molecular weight excluding hydrogens is 248 g/mol. The molecule has 2 aromatic carbocycles. The minimum absolute atomic E-state index is 0.0438. The maximum Gasteiger partial charge on any atom is 0.196 e. The summed E-state index contributed by atoms with van der Waals surface area (Å²) in [5.41, 5.74) is 2.79. The zero-order chi connectivity index (χ0) is 13.9. The number of benzene rings is 2. The molecule has 0 amide bonds. The lowest BCUT2D eigenvalue weighted by atomic mass is 9.96. The summed E-state index contributed by atoms with van der Waals surface area (Å²) in [6, 6.07) is 18.7. The molecule has 1 aliphatic rings. The third kappa shape index (κ3) is 2.21. The van der Waals surface area contributed by atoms with Crippen LogP contribution >= 0.6 is 0 Å². The number of rotatable bonds is 3. The van der Waals surface area contributed by atoms with Crippen molar-refractivity contribution in [3.8, 4) is 0 Å². The van der Waals surface area contributed by atoms with Crippen LogP contribution in [0.5, 0.6) is 0 Å².